The first-order valence-electron chi connectivity index (χ1n) is 6.75. The van der Waals surface area contributed by atoms with Gasteiger partial charge in [-0.2, -0.15) is 0 Å². The van der Waals surface area contributed by atoms with Crippen molar-refractivity contribution in [2.24, 2.45) is 5.92 Å². The Morgan fingerprint density at radius 1 is 1.47 bits per heavy atom. The molecule has 0 bridgehead atoms. The van der Waals surface area contributed by atoms with Crippen molar-refractivity contribution in [2.45, 2.75) is 45.6 Å². The van der Waals surface area contributed by atoms with E-state index in [9.17, 15) is 14.4 Å². The number of likely N-dealkylation sites (N-methyl/N-ethyl adjacent to an activating group) is 1. The summed E-state index contributed by atoms with van der Waals surface area (Å²) < 4.78 is 0. The Kier molecular flexibility index (Phi) is 5.95. The van der Waals surface area contributed by atoms with Crippen LogP contribution in [0.2, 0.25) is 0 Å². The largest absolute Gasteiger partial charge is 0.481 e. The molecule has 0 saturated carbocycles. The first-order valence-corrected chi connectivity index (χ1v) is 6.75. The third-order valence-corrected chi connectivity index (χ3v) is 3.44. The highest BCUT2D eigenvalue weighted by Gasteiger charge is 2.36. The monoisotopic (exact) mass is 270 g/mol. The molecule has 0 aromatic rings. The molecule has 6 heteroatoms. The van der Waals surface area contributed by atoms with Gasteiger partial charge in [0.15, 0.2) is 0 Å². The average molecular weight is 270 g/mol. The van der Waals surface area contributed by atoms with E-state index in [1.807, 2.05) is 6.92 Å². The van der Waals surface area contributed by atoms with Gasteiger partial charge in [-0.3, -0.25) is 19.3 Å². The van der Waals surface area contributed by atoms with Gasteiger partial charge in [-0.05, 0) is 32.2 Å². The normalized spacial score (nSPS) is 20.9. The molecule has 1 saturated heterocycles. The van der Waals surface area contributed by atoms with E-state index in [1.54, 1.807) is 6.92 Å². The Labute approximate surface area is 113 Å². The highest BCUT2D eigenvalue weighted by atomic mass is 16.4. The van der Waals surface area contributed by atoms with E-state index < -0.39 is 12.0 Å². The second-order valence-corrected chi connectivity index (χ2v) is 5.01. The highest BCUT2D eigenvalue weighted by Crippen LogP contribution is 2.14. The van der Waals surface area contributed by atoms with Gasteiger partial charge in [0.25, 0.3) is 0 Å². The number of amides is 2. The predicted molar refractivity (Wildman–Crippen MR) is 69.5 cm³/mol. The van der Waals surface area contributed by atoms with Crippen LogP contribution in [0, 0.1) is 5.92 Å². The number of nitrogens with zero attached hydrogens (tertiary/aromatic N) is 1. The van der Waals surface area contributed by atoms with Crippen molar-refractivity contribution < 1.29 is 19.5 Å². The molecule has 2 atom stereocenters. The van der Waals surface area contributed by atoms with Crippen LogP contribution in [0.5, 0.6) is 0 Å². The maximum absolute atomic E-state index is 11.8. The fourth-order valence-electron chi connectivity index (χ4n) is 2.19. The van der Waals surface area contributed by atoms with E-state index in [4.69, 9.17) is 5.11 Å². The molecule has 19 heavy (non-hydrogen) atoms. The number of aliphatic carboxylic acids is 1. The van der Waals surface area contributed by atoms with Crippen LogP contribution in [0.15, 0.2) is 0 Å². The molecule has 108 valence electrons. The van der Waals surface area contributed by atoms with Crippen molar-refractivity contribution in [3.63, 3.8) is 0 Å². The standard InChI is InChI=1S/C13H22N2O4/c1-3-15-11(16)8-10(13(15)19)14-7-6-9(2)4-5-12(17)18/h9-10,14H,3-8H2,1-2H3,(H,17,18). The van der Waals surface area contributed by atoms with Crippen molar-refractivity contribution in [2.75, 3.05) is 13.1 Å². The van der Waals surface area contributed by atoms with E-state index in [1.165, 1.54) is 4.90 Å². The SMILES string of the molecule is CCN1C(=O)CC(NCCC(C)CCC(=O)O)C1=O. The van der Waals surface area contributed by atoms with E-state index >= 15 is 0 Å². The molecule has 0 radical (unpaired) electrons. The molecule has 2 N–H and O–H groups in total. The molecule has 2 amide bonds. The lowest BCUT2D eigenvalue weighted by Gasteiger charge is -2.15. The number of rotatable bonds is 8. The fraction of sp³-hybridized carbons (Fsp3) is 0.769. The summed E-state index contributed by atoms with van der Waals surface area (Å²) in [4.78, 5) is 35.0. The molecule has 0 aromatic carbocycles. The molecule has 1 aliphatic heterocycles. The van der Waals surface area contributed by atoms with Crippen molar-refractivity contribution in [1.29, 1.82) is 0 Å². The van der Waals surface area contributed by atoms with Gasteiger partial charge >= 0.3 is 5.97 Å². The molecule has 1 fully saturated rings. The molecule has 1 heterocycles. The van der Waals surface area contributed by atoms with Crippen LogP contribution in [0.25, 0.3) is 0 Å². The Morgan fingerprint density at radius 2 is 2.16 bits per heavy atom. The Bertz CT molecular complexity index is 357. The molecule has 0 aromatic heterocycles. The topological polar surface area (TPSA) is 86.7 Å². The fourth-order valence-corrected chi connectivity index (χ4v) is 2.19. The Morgan fingerprint density at radius 3 is 2.68 bits per heavy atom. The quantitative estimate of drug-likeness (QED) is 0.631. The number of nitrogens with one attached hydrogen (secondary N) is 1. The minimum Gasteiger partial charge on any atom is -0.481 e. The molecular weight excluding hydrogens is 248 g/mol. The summed E-state index contributed by atoms with van der Waals surface area (Å²) in [6, 6.07) is -0.404. The summed E-state index contributed by atoms with van der Waals surface area (Å²) in [5.41, 5.74) is 0. The first-order chi connectivity index (χ1) is 8.95. The summed E-state index contributed by atoms with van der Waals surface area (Å²) in [5.74, 6) is -0.761. The zero-order valence-electron chi connectivity index (χ0n) is 11.5. The van der Waals surface area contributed by atoms with Gasteiger partial charge in [-0.15, -0.1) is 0 Å². The second-order valence-electron chi connectivity index (χ2n) is 5.01. The van der Waals surface area contributed by atoms with Gasteiger partial charge in [0.1, 0.15) is 0 Å². The average Bonchev–Trinajstić information content (AvgIpc) is 2.61. The number of hydrogen-bond acceptors (Lipinski definition) is 4. The van der Waals surface area contributed by atoms with Crippen molar-refractivity contribution in [3.05, 3.63) is 0 Å². The number of imide groups is 1. The summed E-state index contributed by atoms with van der Waals surface area (Å²) in [6.07, 6.45) is 1.84. The smallest absolute Gasteiger partial charge is 0.303 e. The molecule has 0 spiro atoms. The van der Waals surface area contributed by atoms with Gasteiger partial charge < -0.3 is 10.4 Å². The van der Waals surface area contributed by atoms with Crippen LogP contribution in [0.1, 0.15) is 39.5 Å². The van der Waals surface area contributed by atoms with Crippen LogP contribution < -0.4 is 5.32 Å². The number of carboxylic acid groups (broad SMARTS) is 1. The maximum Gasteiger partial charge on any atom is 0.303 e. The summed E-state index contributed by atoms with van der Waals surface area (Å²) in [6.45, 7) is 4.82. The van der Waals surface area contributed by atoms with Gasteiger partial charge in [-0.1, -0.05) is 6.92 Å². The summed E-state index contributed by atoms with van der Waals surface area (Å²) in [7, 11) is 0. The number of likely N-dealkylation sites (tertiary alicyclic amines) is 1. The Hall–Kier alpha value is -1.43. The summed E-state index contributed by atoms with van der Waals surface area (Å²) >= 11 is 0. The first kappa shape index (κ1) is 15.6. The molecule has 1 aliphatic rings. The van der Waals surface area contributed by atoms with Crippen LogP contribution in [-0.2, 0) is 14.4 Å². The van der Waals surface area contributed by atoms with Crippen LogP contribution >= 0.6 is 0 Å². The lowest BCUT2D eigenvalue weighted by Crippen LogP contribution is -2.39. The van der Waals surface area contributed by atoms with Crippen molar-refractivity contribution in [3.8, 4) is 0 Å². The van der Waals surface area contributed by atoms with Gasteiger partial charge in [0.05, 0.1) is 12.5 Å². The minimum absolute atomic E-state index is 0.121. The van der Waals surface area contributed by atoms with Gasteiger partial charge in [0.2, 0.25) is 11.8 Å². The third-order valence-electron chi connectivity index (χ3n) is 3.44. The van der Waals surface area contributed by atoms with E-state index in [2.05, 4.69) is 5.32 Å². The Balaban J connectivity index is 2.25. The zero-order chi connectivity index (χ0) is 14.4. The molecule has 2 unspecified atom stereocenters. The second kappa shape index (κ2) is 7.23. The van der Waals surface area contributed by atoms with Crippen LogP contribution in [0.3, 0.4) is 0 Å². The number of carbonyl (C=O) groups is 3. The van der Waals surface area contributed by atoms with Gasteiger partial charge in [-0.25, -0.2) is 0 Å². The minimum atomic E-state index is -0.782. The van der Waals surface area contributed by atoms with Crippen molar-refractivity contribution in [1.82, 2.24) is 10.2 Å². The molecule has 6 nitrogen and oxygen atoms in total. The van der Waals surface area contributed by atoms with Gasteiger partial charge in [0, 0.05) is 13.0 Å². The van der Waals surface area contributed by atoms with E-state index in [0.717, 1.165) is 6.42 Å². The number of carbonyl (C=O) groups excluding carboxylic acids is 2. The summed E-state index contributed by atoms with van der Waals surface area (Å²) in [5, 5.41) is 11.7. The van der Waals surface area contributed by atoms with E-state index in [-0.39, 0.29) is 30.6 Å². The molecule has 1 rings (SSSR count). The molecular formula is C13H22N2O4. The lowest BCUT2D eigenvalue weighted by atomic mass is 10.0. The zero-order valence-corrected chi connectivity index (χ0v) is 11.5. The maximum atomic E-state index is 11.8. The number of hydrogen-bond donors (Lipinski definition) is 2. The van der Waals surface area contributed by atoms with Crippen LogP contribution in [0.4, 0.5) is 0 Å². The predicted octanol–water partition coefficient (Wildman–Crippen LogP) is 0.614. The van der Waals surface area contributed by atoms with E-state index in [0.29, 0.717) is 19.5 Å². The third kappa shape index (κ3) is 4.63. The molecule has 0 aliphatic carbocycles. The highest BCUT2D eigenvalue weighted by molar-refractivity contribution is 6.05. The lowest BCUT2D eigenvalue weighted by molar-refractivity contribution is -0.139. The van der Waals surface area contributed by atoms with Crippen molar-refractivity contribution >= 4 is 17.8 Å². The van der Waals surface area contributed by atoms with Crippen LogP contribution in [-0.4, -0.2) is 46.9 Å². The number of carboxylic acids is 1.